The van der Waals surface area contributed by atoms with Crippen molar-refractivity contribution in [3.63, 3.8) is 0 Å². The van der Waals surface area contributed by atoms with Gasteiger partial charge in [-0.3, -0.25) is 4.79 Å². The lowest BCUT2D eigenvalue weighted by atomic mass is 9.64. The van der Waals surface area contributed by atoms with E-state index in [1.807, 2.05) is 13.8 Å². The minimum atomic E-state index is -1.05. The first-order valence-electron chi connectivity index (χ1n) is 5.61. The predicted molar refractivity (Wildman–Crippen MR) is 61.7 cm³/mol. The molecule has 17 heavy (non-hydrogen) atoms. The van der Waals surface area contributed by atoms with Gasteiger partial charge in [0.2, 0.25) is 0 Å². The highest BCUT2D eigenvalue weighted by Crippen LogP contribution is 2.42. The van der Waals surface area contributed by atoms with E-state index in [0.29, 0.717) is 0 Å². The molecule has 0 bridgehead atoms. The highest BCUT2D eigenvalue weighted by atomic mass is 16.5. The van der Waals surface area contributed by atoms with Crippen molar-refractivity contribution >= 4 is 12.0 Å². The molecule has 3 N–H and O–H groups in total. The van der Waals surface area contributed by atoms with Crippen molar-refractivity contribution in [3.05, 3.63) is 0 Å². The first-order chi connectivity index (χ1) is 7.78. The number of ether oxygens (including phenoxy) is 1. The summed E-state index contributed by atoms with van der Waals surface area (Å²) in [7, 11) is 1.65. The third kappa shape index (κ3) is 2.88. The minimum Gasteiger partial charge on any atom is -0.480 e. The normalized spacial score (nSPS) is 27.8. The molecule has 1 rings (SSSR count). The highest BCUT2D eigenvalue weighted by Gasteiger charge is 2.49. The standard InChI is InChI=1S/C11H20N2O4/c1-6(9(14)15)12-10(16)13-7-5-8(17-4)11(7,2)3/h6-8H,5H2,1-4H3,(H,14,15)(H2,12,13,16)/t6-,7?,8?/m0/s1. The molecular formula is C11H20N2O4. The van der Waals surface area contributed by atoms with Crippen LogP contribution in [0.1, 0.15) is 27.2 Å². The van der Waals surface area contributed by atoms with Crippen LogP contribution in [0, 0.1) is 5.41 Å². The number of hydrogen-bond acceptors (Lipinski definition) is 3. The number of aliphatic carboxylic acids is 1. The number of amides is 2. The quantitative estimate of drug-likeness (QED) is 0.674. The summed E-state index contributed by atoms with van der Waals surface area (Å²) in [6, 6.07) is -1.34. The third-order valence-electron chi connectivity index (χ3n) is 3.49. The number of carboxylic acids is 1. The van der Waals surface area contributed by atoms with Crippen molar-refractivity contribution in [1.29, 1.82) is 0 Å². The van der Waals surface area contributed by atoms with Crippen molar-refractivity contribution in [2.75, 3.05) is 7.11 Å². The fourth-order valence-corrected chi connectivity index (χ4v) is 1.99. The number of hydrogen-bond donors (Lipinski definition) is 3. The summed E-state index contributed by atoms with van der Waals surface area (Å²) in [6.07, 6.45) is 0.878. The van der Waals surface area contributed by atoms with Crippen LogP contribution in [0.25, 0.3) is 0 Å². The molecule has 3 atom stereocenters. The maximum atomic E-state index is 11.5. The van der Waals surface area contributed by atoms with E-state index in [2.05, 4.69) is 10.6 Å². The molecule has 6 nitrogen and oxygen atoms in total. The summed E-state index contributed by atoms with van der Waals surface area (Å²) in [5, 5.41) is 13.8. The van der Waals surface area contributed by atoms with Crippen LogP contribution >= 0.6 is 0 Å². The smallest absolute Gasteiger partial charge is 0.325 e. The number of carbonyl (C=O) groups is 2. The van der Waals surface area contributed by atoms with E-state index in [1.165, 1.54) is 6.92 Å². The van der Waals surface area contributed by atoms with E-state index in [4.69, 9.17) is 9.84 Å². The molecule has 0 aromatic rings. The third-order valence-corrected chi connectivity index (χ3v) is 3.49. The lowest BCUT2D eigenvalue weighted by Gasteiger charge is -2.51. The zero-order valence-electron chi connectivity index (χ0n) is 10.6. The summed E-state index contributed by atoms with van der Waals surface area (Å²) in [5.74, 6) is -1.05. The van der Waals surface area contributed by atoms with Gasteiger partial charge in [0, 0.05) is 18.6 Å². The molecule has 1 aliphatic rings. The molecular weight excluding hydrogens is 224 g/mol. The van der Waals surface area contributed by atoms with Gasteiger partial charge in [-0.25, -0.2) is 4.79 Å². The molecule has 98 valence electrons. The molecule has 6 heteroatoms. The van der Waals surface area contributed by atoms with Crippen LogP contribution < -0.4 is 10.6 Å². The van der Waals surface area contributed by atoms with Crippen LogP contribution in [0.4, 0.5) is 4.79 Å². The monoisotopic (exact) mass is 244 g/mol. The van der Waals surface area contributed by atoms with Gasteiger partial charge in [-0.1, -0.05) is 13.8 Å². The number of nitrogens with one attached hydrogen (secondary N) is 2. The summed E-state index contributed by atoms with van der Waals surface area (Å²) >= 11 is 0. The van der Waals surface area contributed by atoms with Gasteiger partial charge < -0.3 is 20.5 Å². The Hall–Kier alpha value is -1.30. The Morgan fingerprint density at radius 3 is 2.47 bits per heavy atom. The maximum absolute atomic E-state index is 11.5. The van der Waals surface area contributed by atoms with Gasteiger partial charge in [0.25, 0.3) is 0 Å². The highest BCUT2D eigenvalue weighted by molar-refractivity contribution is 5.82. The largest absolute Gasteiger partial charge is 0.480 e. The number of carboxylic acid groups (broad SMARTS) is 1. The fourth-order valence-electron chi connectivity index (χ4n) is 1.99. The number of methoxy groups -OCH3 is 1. The summed E-state index contributed by atoms with van der Waals surface area (Å²) in [6.45, 7) is 5.44. The van der Waals surface area contributed by atoms with Gasteiger partial charge >= 0.3 is 12.0 Å². The Kier molecular flexibility index (Phi) is 3.98. The molecule has 0 radical (unpaired) electrons. The topological polar surface area (TPSA) is 87.7 Å². The predicted octanol–water partition coefficient (Wildman–Crippen LogP) is 0.572. The van der Waals surface area contributed by atoms with Crippen LogP contribution in [0.15, 0.2) is 0 Å². The summed E-state index contributed by atoms with van der Waals surface area (Å²) in [5.41, 5.74) is -0.126. The summed E-state index contributed by atoms with van der Waals surface area (Å²) < 4.78 is 5.27. The van der Waals surface area contributed by atoms with Crippen LogP contribution in [-0.2, 0) is 9.53 Å². The van der Waals surface area contributed by atoms with E-state index in [-0.39, 0.29) is 17.6 Å². The Labute approximate surface area is 101 Å². The zero-order valence-corrected chi connectivity index (χ0v) is 10.6. The average molecular weight is 244 g/mol. The van der Waals surface area contributed by atoms with Gasteiger partial charge in [0.05, 0.1) is 6.10 Å². The lowest BCUT2D eigenvalue weighted by molar-refractivity contribution is -0.138. The second-order valence-corrected chi connectivity index (χ2v) is 5.01. The van der Waals surface area contributed by atoms with Crippen molar-refractivity contribution in [2.45, 2.75) is 45.4 Å². The van der Waals surface area contributed by atoms with Crippen molar-refractivity contribution in [2.24, 2.45) is 5.41 Å². The van der Waals surface area contributed by atoms with Gasteiger partial charge in [0.1, 0.15) is 6.04 Å². The van der Waals surface area contributed by atoms with Crippen molar-refractivity contribution < 1.29 is 19.4 Å². The Morgan fingerprint density at radius 2 is 2.06 bits per heavy atom. The first kappa shape index (κ1) is 13.8. The van der Waals surface area contributed by atoms with Gasteiger partial charge in [-0.2, -0.15) is 0 Å². The lowest BCUT2D eigenvalue weighted by Crippen LogP contribution is -2.63. The molecule has 1 saturated carbocycles. The van der Waals surface area contributed by atoms with Gasteiger partial charge in [-0.15, -0.1) is 0 Å². The molecule has 0 aromatic carbocycles. The maximum Gasteiger partial charge on any atom is 0.325 e. The molecule has 2 amide bonds. The molecule has 0 aliphatic heterocycles. The van der Waals surface area contributed by atoms with Crippen molar-refractivity contribution in [1.82, 2.24) is 10.6 Å². The van der Waals surface area contributed by atoms with E-state index < -0.39 is 18.0 Å². The van der Waals surface area contributed by atoms with Crippen molar-refractivity contribution in [3.8, 4) is 0 Å². The van der Waals surface area contributed by atoms with Gasteiger partial charge in [0.15, 0.2) is 0 Å². The Balaban J connectivity index is 2.41. The molecule has 0 spiro atoms. The number of urea groups is 1. The second kappa shape index (κ2) is 4.91. The first-order valence-corrected chi connectivity index (χ1v) is 5.61. The van der Waals surface area contributed by atoms with E-state index in [1.54, 1.807) is 7.11 Å². The van der Waals surface area contributed by atoms with Crippen LogP contribution in [0.5, 0.6) is 0 Å². The fraction of sp³-hybridized carbons (Fsp3) is 0.818. The second-order valence-electron chi connectivity index (χ2n) is 5.01. The van der Waals surface area contributed by atoms with Crippen LogP contribution in [0.3, 0.4) is 0 Å². The molecule has 0 aromatic heterocycles. The SMILES string of the molecule is COC1CC(NC(=O)N[C@@H](C)C(=O)O)C1(C)C. The van der Waals surface area contributed by atoms with E-state index in [9.17, 15) is 9.59 Å². The number of rotatable bonds is 4. The molecule has 0 heterocycles. The van der Waals surface area contributed by atoms with Crippen LogP contribution in [0.2, 0.25) is 0 Å². The van der Waals surface area contributed by atoms with Crippen LogP contribution in [-0.4, -0.2) is 42.4 Å². The van der Waals surface area contributed by atoms with E-state index in [0.717, 1.165) is 6.42 Å². The molecule has 1 aliphatic carbocycles. The number of carbonyl (C=O) groups excluding carboxylic acids is 1. The molecule has 0 saturated heterocycles. The average Bonchev–Trinajstić information content (AvgIpc) is 2.23. The Morgan fingerprint density at radius 1 is 1.47 bits per heavy atom. The minimum absolute atomic E-state index is 0.00782. The zero-order chi connectivity index (χ0) is 13.2. The molecule has 2 unspecified atom stereocenters. The summed E-state index contributed by atoms with van der Waals surface area (Å²) in [4.78, 5) is 22.1. The molecule has 1 fully saturated rings. The Bertz CT molecular complexity index is 317. The van der Waals surface area contributed by atoms with E-state index >= 15 is 0 Å². The van der Waals surface area contributed by atoms with Gasteiger partial charge in [-0.05, 0) is 13.3 Å².